The fraction of sp³-hybridized carbons (Fsp3) is 0.222. The standard InChI is InChI=1S/C9H9F2N/c1-3-7-4-12-5-8(11)9(7)6(2)10/h3-6H,1H2,2H3. The molecule has 0 saturated heterocycles. The van der Waals surface area contributed by atoms with Gasteiger partial charge < -0.3 is 0 Å². The third-order valence-corrected chi connectivity index (χ3v) is 1.59. The zero-order valence-corrected chi connectivity index (χ0v) is 6.72. The van der Waals surface area contributed by atoms with Crippen molar-refractivity contribution in [2.75, 3.05) is 0 Å². The smallest absolute Gasteiger partial charge is 0.148 e. The van der Waals surface area contributed by atoms with Crippen LogP contribution in [0.15, 0.2) is 19.0 Å². The van der Waals surface area contributed by atoms with Crippen molar-refractivity contribution in [3.8, 4) is 0 Å². The number of hydrogen-bond donors (Lipinski definition) is 0. The molecule has 1 aromatic heterocycles. The molecule has 0 aliphatic carbocycles. The highest BCUT2D eigenvalue weighted by Gasteiger charge is 2.12. The Morgan fingerprint density at radius 3 is 2.67 bits per heavy atom. The summed E-state index contributed by atoms with van der Waals surface area (Å²) in [5.41, 5.74) is 0.435. The zero-order chi connectivity index (χ0) is 9.14. The van der Waals surface area contributed by atoms with Gasteiger partial charge in [0, 0.05) is 17.3 Å². The molecule has 0 aliphatic heterocycles. The molecule has 1 rings (SSSR count). The molecule has 0 radical (unpaired) electrons. The Bertz CT molecular complexity index is 295. The molecule has 1 nitrogen and oxygen atoms in total. The van der Waals surface area contributed by atoms with Gasteiger partial charge in [0.25, 0.3) is 0 Å². The number of aromatic nitrogens is 1. The van der Waals surface area contributed by atoms with Gasteiger partial charge in [-0.15, -0.1) is 0 Å². The van der Waals surface area contributed by atoms with Crippen LogP contribution in [-0.2, 0) is 0 Å². The van der Waals surface area contributed by atoms with Crippen molar-refractivity contribution < 1.29 is 8.78 Å². The normalized spacial score (nSPS) is 12.6. The molecule has 1 unspecified atom stereocenters. The van der Waals surface area contributed by atoms with Gasteiger partial charge in [-0.25, -0.2) is 8.78 Å². The predicted molar refractivity (Wildman–Crippen MR) is 43.8 cm³/mol. The second kappa shape index (κ2) is 3.43. The fourth-order valence-corrected chi connectivity index (χ4v) is 1.04. The van der Waals surface area contributed by atoms with E-state index in [1.165, 1.54) is 19.2 Å². The largest absolute Gasteiger partial charge is 0.261 e. The maximum atomic E-state index is 12.9. The van der Waals surface area contributed by atoms with Gasteiger partial charge in [0.1, 0.15) is 12.0 Å². The molecule has 0 N–H and O–H groups in total. The van der Waals surface area contributed by atoms with Crippen LogP contribution in [0.3, 0.4) is 0 Å². The summed E-state index contributed by atoms with van der Waals surface area (Å²) in [6.45, 7) is 4.72. The fourth-order valence-electron chi connectivity index (χ4n) is 1.04. The van der Waals surface area contributed by atoms with Gasteiger partial charge in [-0.2, -0.15) is 0 Å². The monoisotopic (exact) mass is 169 g/mol. The zero-order valence-electron chi connectivity index (χ0n) is 6.72. The molecular weight excluding hydrogens is 160 g/mol. The van der Waals surface area contributed by atoms with Crippen molar-refractivity contribution in [1.82, 2.24) is 4.98 Å². The maximum absolute atomic E-state index is 12.9. The van der Waals surface area contributed by atoms with Crippen LogP contribution in [0.1, 0.15) is 24.2 Å². The molecule has 0 aliphatic rings. The molecule has 0 spiro atoms. The van der Waals surface area contributed by atoms with E-state index < -0.39 is 12.0 Å². The van der Waals surface area contributed by atoms with Crippen LogP contribution in [0.4, 0.5) is 8.78 Å². The number of pyridine rings is 1. The molecule has 3 heteroatoms. The molecule has 0 saturated carbocycles. The van der Waals surface area contributed by atoms with Gasteiger partial charge in [-0.3, -0.25) is 4.98 Å². The van der Waals surface area contributed by atoms with Crippen LogP contribution in [0.2, 0.25) is 0 Å². The van der Waals surface area contributed by atoms with Crippen LogP contribution in [-0.4, -0.2) is 4.98 Å². The highest BCUT2D eigenvalue weighted by molar-refractivity contribution is 5.51. The first-order chi connectivity index (χ1) is 5.66. The summed E-state index contributed by atoms with van der Waals surface area (Å²) in [5, 5.41) is 0. The number of alkyl halides is 1. The minimum atomic E-state index is -1.33. The minimum absolute atomic E-state index is 0.0278. The topological polar surface area (TPSA) is 12.9 Å². The van der Waals surface area contributed by atoms with E-state index in [9.17, 15) is 8.78 Å². The Balaban J connectivity index is 3.29. The van der Waals surface area contributed by atoms with Crippen molar-refractivity contribution in [1.29, 1.82) is 0 Å². The first kappa shape index (κ1) is 8.84. The Hall–Kier alpha value is -1.25. The van der Waals surface area contributed by atoms with Crippen molar-refractivity contribution in [2.24, 2.45) is 0 Å². The van der Waals surface area contributed by atoms with E-state index in [0.717, 1.165) is 6.20 Å². The van der Waals surface area contributed by atoms with E-state index in [2.05, 4.69) is 11.6 Å². The lowest BCUT2D eigenvalue weighted by atomic mass is 10.1. The van der Waals surface area contributed by atoms with Gasteiger partial charge in [0.2, 0.25) is 0 Å². The maximum Gasteiger partial charge on any atom is 0.148 e. The van der Waals surface area contributed by atoms with Crippen molar-refractivity contribution >= 4 is 6.08 Å². The van der Waals surface area contributed by atoms with Crippen molar-refractivity contribution in [3.05, 3.63) is 35.9 Å². The summed E-state index contributed by atoms with van der Waals surface area (Å²) in [4.78, 5) is 3.59. The van der Waals surface area contributed by atoms with Crippen molar-refractivity contribution in [3.63, 3.8) is 0 Å². The molecule has 0 bridgehead atoms. The average Bonchev–Trinajstić information content (AvgIpc) is 2.03. The van der Waals surface area contributed by atoms with E-state index in [0.29, 0.717) is 5.56 Å². The van der Waals surface area contributed by atoms with Crippen LogP contribution in [0.5, 0.6) is 0 Å². The second-order valence-electron chi connectivity index (χ2n) is 2.44. The third-order valence-electron chi connectivity index (χ3n) is 1.59. The molecule has 12 heavy (non-hydrogen) atoms. The highest BCUT2D eigenvalue weighted by Crippen LogP contribution is 2.23. The molecule has 1 heterocycles. The van der Waals surface area contributed by atoms with Gasteiger partial charge >= 0.3 is 0 Å². The molecular formula is C9H9F2N. The summed E-state index contributed by atoms with van der Waals surface area (Å²) in [6, 6.07) is 0. The van der Waals surface area contributed by atoms with E-state index in [-0.39, 0.29) is 5.56 Å². The van der Waals surface area contributed by atoms with Gasteiger partial charge in [-0.1, -0.05) is 12.7 Å². The van der Waals surface area contributed by atoms with Crippen LogP contribution in [0.25, 0.3) is 6.08 Å². The minimum Gasteiger partial charge on any atom is -0.261 e. The molecule has 1 aromatic rings. The van der Waals surface area contributed by atoms with Crippen LogP contribution >= 0.6 is 0 Å². The Morgan fingerprint density at radius 1 is 1.58 bits per heavy atom. The summed E-state index contributed by atoms with van der Waals surface area (Å²) in [5.74, 6) is -0.623. The average molecular weight is 169 g/mol. The molecule has 0 aromatic carbocycles. The van der Waals surface area contributed by atoms with Gasteiger partial charge in [0.05, 0.1) is 6.20 Å². The highest BCUT2D eigenvalue weighted by atomic mass is 19.1. The molecule has 0 fully saturated rings. The number of rotatable bonds is 2. The SMILES string of the molecule is C=Cc1cncc(F)c1C(C)F. The van der Waals surface area contributed by atoms with Crippen LogP contribution < -0.4 is 0 Å². The molecule has 1 atom stereocenters. The Kier molecular flexibility index (Phi) is 2.53. The number of nitrogens with zero attached hydrogens (tertiary/aromatic N) is 1. The first-order valence-electron chi connectivity index (χ1n) is 3.56. The van der Waals surface area contributed by atoms with Gasteiger partial charge in [-0.05, 0) is 6.92 Å². The van der Waals surface area contributed by atoms with E-state index in [4.69, 9.17) is 0 Å². The molecule has 0 amide bonds. The Labute approximate surface area is 69.8 Å². The lowest BCUT2D eigenvalue weighted by Crippen LogP contribution is -1.96. The second-order valence-corrected chi connectivity index (χ2v) is 2.44. The first-order valence-corrected chi connectivity index (χ1v) is 3.56. The van der Waals surface area contributed by atoms with Crippen molar-refractivity contribution in [2.45, 2.75) is 13.1 Å². The quantitative estimate of drug-likeness (QED) is 0.663. The lowest BCUT2D eigenvalue weighted by molar-refractivity contribution is 0.360. The Morgan fingerprint density at radius 2 is 2.25 bits per heavy atom. The third kappa shape index (κ3) is 1.49. The summed E-state index contributed by atoms with van der Waals surface area (Å²) in [6.07, 6.45) is 2.45. The van der Waals surface area contributed by atoms with Gasteiger partial charge in [0.15, 0.2) is 0 Å². The summed E-state index contributed by atoms with van der Waals surface area (Å²) < 4.78 is 25.8. The number of hydrogen-bond acceptors (Lipinski definition) is 1. The summed E-state index contributed by atoms with van der Waals surface area (Å²) in [7, 11) is 0. The predicted octanol–water partition coefficient (Wildman–Crippen LogP) is 2.89. The van der Waals surface area contributed by atoms with Crippen LogP contribution in [0, 0.1) is 5.82 Å². The van der Waals surface area contributed by atoms with E-state index in [1.807, 2.05) is 0 Å². The number of halogens is 2. The van der Waals surface area contributed by atoms with E-state index >= 15 is 0 Å². The lowest BCUT2D eigenvalue weighted by Gasteiger charge is -2.06. The molecule has 64 valence electrons. The van der Waals surface area contributed by atoms with E-state index in [1.54, 1.807) is 0 Å². The summed E-state index contributed by atoms with van der Waals surface area (Å²) >= 11 is 0.